The van der Waals surface area contributed by atoms with E-state index < -0.39 is 59.2 Å². The molecule has 8 nitrogen and oxygen atoms in total. The van der Waals surface area contributed by atoms with Crippen LogP contribution in [0.3, 0.4) is 0 Å². The van der Waals surface area contributed by atoms with Crippen LogP contribution in [0.4, 0.5) is 13.2 Å². The Morgan fingerprint density at radius 3 is 2.41 bits per heavy atom. The van der Waals surface area contributed by atoms with E-state index in [1.54, 1.807) is 12.1 Å². The molecular weight excluding hydrogens is 459 g/mol. The Hall–Kier alpha value is -3.70. The van der Waals surface area contributed by atoms with E-state index in [9.17, 15) is 43.5 Å². The molecule has 0 spiro atoms. The van der Waals surface area contributed by atoms with Gasteiger partial charge in [0.2, 0.25) is 11.5 Å². The number of benzene rings is 2. The molecule has 34 heavy (non-hydrogen) atoms. The number of nitrogens with one attached hydrogen (secondary N) is 1. The zero-order chi connectivity index (χ0) is 24.8. The molecule has 180 valence electrons. The van der Waals surface area contributed by atoms with E-state index in [2.05, 4.69) is 5.32 Å². The third-order valence-corrected chi connectivity index (χ3v) is 5.75. The van der Waals surface area contributed by atoms with Gasteiger partial charge in [0.1, 0.15) is 12.7 Å². The second-order valence-electron chi connectivity index (χ2n) is 7.82. The van der Waals surface area contributed by atoms with Crippen molar-refractivity contribution in [3.05, 3.63) is 81.7 Å². The summed E-state index contributed by atoms with van der Waals surface area (Å²) < 4.78 is 46.9. The number of hydrogen-bond donors (Lipinski definition) is 6. The zero-order valence-electron chi connectivity index (χ0n) is 17.4. The third kappa shape index (κ3) is 4.03. The molecule has 6 N–H and O–H groups in total. The van der Waals surface area contributed by atoms with Gasteiger partial charge in [-0.25, -0.2) is 0 Å². The van der Waals surface area contributed by atoms with E-state index in [1.807, 2.05) is 0 Å². The molecule has 2 aromatic rings. The molecular formula is C23H20F3NO7. The maximum atomic E-state index is 14.0. The number of aliphatic hydroxyl groups excluding tert-OH is 5. The molecule has 0 radical (unpaired) electrons. The number of rotatable bonds is 4. The van der Waals surface area contributed by atoms with Gasteiger partial charge in [0, 0.05) is 12.1 Å². The Balaban J connectivity index is 1.76. The molecule has 11 heteroatoms. The number of carbonyl (C=O) groups excluding carboxylic acids is 1. The van der Waals surface area contributed by atoms with Crippen molar-refractivity contribution in [3.63, 3.8) is 0 Å². The number of fused-ring (bicyclic) bond motifs is 1. The van der Waals surface area contributed by atoms with Crippen molar-refractivity contribution in [2.75, 3.05) is 13.2 Å². The molecule has 2 heterocycles. The van der Waals surface area contributed by atoms with E-state index in [0.29, 0.717) is 24.1 Å². The highest BCUT2D eigenvalue weighted by Crippen LogP contribution is 2.41. The van der Waals surface area contributed by atoms with Gasteiger partial charge in [0.15, 0.2) is 17.6 Å². The van der Waals surface area contributed by atoms with Crippen molar-refractivity contribution in [2.24, 2.45) is 0 Å². The lowest BCUT2D eigenvalue weighted by atomic mass is 9.90. The van der Waals surface area contributed by atoms with Crippen LogP contribution < -0.4 is 5.32 Å². The summed E-state index contributed by atoms with van der Waals surface area (Å²) in [5, 5.41) is 52.1. The Labute approximate surface area is 190 Å². The van der Waals surface area contributed by atoms with Gasteiger partial charge in [0.25, 0.3) is 5.91 Å². The third-order valence-electron chi connectivity index (χ3n) is 5.75. The molecule has 0 aromatic heterocycles. The zero-order valence-corrected chi connectivity index (χ0v) is 17.4. The molecule has 0 fully saturated rings. The van der Waals surface area contributed by atoms with Gasteiger partial charge in [-0.15, -0.1) is 0 Å². The number of aliphatic hydroxyl groups is 5. The van der Waals surface area contributed by atoms with Crippen LogP contribution in [0.2, 0.25) is 0 Å². The highest BCUT2D eigenvalue weighted by molar-refractivity contribution is 5.98. The standard InChI is InChI=1S/C23H20F3NO7/c24-23(25,26)15-8-12(11-2-1-10-5-6-27-22(33)14(10)7-11)3-4-13(15)17(29)21-20(32)19(31)18(30)16(9-28)34-21/h1-4,7-8,17,21,28-32H,5-6,9H2,(H,27,33)/t17-,21+/m0/s1. The van der Waals surface area contributed by atoms with Crippen molar-refractivity contribution in [3.8, 4) is 11.1 Å². The first kappa shape index (κ1) is 23.5. The average molecular weight is 479 g/mol. The fraction of sp³-hybridized carbons (Fsp3) is 0.261. The molecule has 0 aliphatic carbocycles. The summed E-state index contributed by atoms with van der Waals surface area (Å²) in [6, 6.07) is 7.86. The minimum Gasteiger partial charge on any atom is -0.505 e. The van der Waals surface area contributed by atoms with Crippen molar-refractivity contribution in [1.82, 2.24) is 5.32 Å². The Bertz CT molecular complexity index is 1220. The van der Waals surface area contributed by atoms with Crippen LogP contribution in [0.15, 0.2) is 59.4 Å². The average Bonchev–Trinajstić information content (AvgIpc) is 2.81. The van der Waals surface area contributed by atoms with Gasteiger partial charge in [-0.05, 0) is 40.8 Å². The summed E-state index contributed by atoms with van der Waals surface area (Å²) in [7, 11) is 0. The second kappa shape index (κ2) is 8.58. The monoisotopic (exact) mass is 479 g/mol. The van der Waals surface area contributed by atoms with E-state index in [-0.39, 0.29) is 11.5 Å². The first-order valence-electron chi connectivity index (χ1n) is 10.2. The quantitative estimate of drug-likeness (QED) is 0.396. The minimum atomic E-state index is -4.92. The summed E-state index contributed by atoms with van der Waals surface area (Å²) in [4.78, 5) is 12.1. The molecule has 0 saturated carbocycles. The summed E-state index contributed by atoms with van der Waals surface area (Å²) >= 11 is 0. The molecule has 2 atom stereocenters. The van der Waals surface area contributed by atoms with Crippen LogP contribution >= 0.6 is 0 Å². The van der Waals surface area contributed by atoms with Crippen LogP contribution in [0.5, 0.6) is 0 Å². The molecule has 0 bridgehead atoms. The van der Waals surface area contributed by atoms with Gasteiger partial charge < -0.3 is 35.6 Å². The maximum Gasteiger partial charge on any atom is 0.416 e. The SMILES string of the molecule is O=C1NCCc2ccc(-c3ccc([C@H](O)[C@H]4OC(CO)=C(O)C(O)=C4O)c(C(F)(F)F)c3)cc21. The topological polar surface area (TPSA) is 139 Å². The highest BCUT2D eigenvalue weighted by atomic mass is 19.4. The number of amides is 1. The van der Waals surface area contributed by atoms with Crippen molar-refractivity contribution < 1.29 is 48.2 Å². The minimum absolute atomic E-state index is 0.130. The first-order chi connectivity index (χ1) is 16.0. The lowest BCUT2D eigenvalue weighted by molar-refractivity contribution is -0.140. The van der Waals surface area contributed by atoms with Gasteiger partial charge in [0.05, 0.1) is 5.56 Å². The predicted octanol–water partition coefficient (Wildman–Crippen LogP) is 3.18. The largest absolute Gasteiger partial charge is 0.505 e. The van der Waals surface area contributed by atoms with E-state index in [4.69, 9.17) is 4.74 Å². The molecule has 2 aliphatic heterocycles. The summed E-state index contributed by atoms with van der Waals surface area (Å²) in [5.41, 5.74) is -0.277. The molecule has 4 rings (SSSR count). The molecule has 2 aromatic carbocycles. The summed E-state index contributed by atoms with van der Waals surface area (Å²) in [6.07, 6.45) is -8.37. The van der Waals surface area contributed by atoms with Gasteiger partial charge in [-0.1, -0.05) is 24.3 Å². The van der Waals surface area contributed by atoms with Gasteiger partial charge in [-0.3, -0.25) is 4.79 Å². The fourth-order valence-electron chi connectivity index (χ4n) is 3.97. The number of alkyl halides is 3. The Morgan fingerprint density at radius 1 is 1.06 bits per heavy atom. The second-order valence-corrected chi connectivity index (χ2v) is 7.82. The number of carbonyl (C=O) groups is 1. The summed E-state index contributed by atoms with van der Waals surface area (Å²) in [6.45, 7) is -0.468. The maximum absolute atomic E-state index is 14.0. The molecule has 2 aliphatic rings. The lowest BCUT2D eigenvalue weighted by Crippen LogP contribution is -2.32. The van der Waals surface area contributed by atoms with E-state index in [0.717, 1.165) is 17.7 Å². The first-order valence-corrected chi connectivity index (χ1v) is 10.2. The van der Waals surface area contributed by atoms with Crippen LogP contribution in [-0.2, 0) is 17.3 Å². The van der Waals surface area contributed by atoms with Gasteiger partial charge in [-0.2, -0.15) is 13.2 Å². The van der Waals surface area contributed by atoms with Crippen LogP contribution in [0.25, 0.3) is 11.1 Å². The van der Waals surface area contributed by atoms with Crippen LogP contribution in [0.1, 0.15) is 33.2 Å². The normalized spacial score (nSPS) is 19.4. The van der Waals surface area contributed by atoms with Crippen molar-refractivity contribution in [2.45, 2.75) is 24.8 Å². The summed E-state index contributed by atoms with van der Waals surface area (Å²) in [5.74, 6) is -4.17. The molecule has 0 unspecified atom stereocenters. The van der Waals surface area contributed by atoms with Crippen molar-refractivity contribution in [1.29, 1.82) is 0 Å². The predicted molar refractivity (Wildman–Crippen MR) is 112 cm³/mol. The van der Waals surface area contributed by atoms with Gasteiger partial charge >= 0.3 is 6.18 Å². The number of halogens is 3. The smallest absolute Gasteiger partial charge is 0.416 e. The van der Waals surface area contributed by atoms with Crippen LogP contribution in [0, 0.1) is 0 Å². The molecule has 0 saturated heterocycles. The van der Waals surface area contributed by atoms with E-state index >= 15 is 0 Å². The number of hydrogen-bond acceptors (Lipinski definition) is 7. The fourth-order valence-corrected chi connectivity index (χ4v) is 3.97. The van der Waals surface area contributed by atoms with Crippen molar-refractivity contribution >= 4 is 5.91 Å². The lowest BCUT2D eigenvalue weighted by Gasteiger charge is -2.30. The Morgan fingerprint density at radius 2 is 1.74 bits per heavy atom. The molecule has 1 amide bonds. The van der Waals surface area contributed by atoms with E-state index in [1.165, 1.54) is 12.1 Å². The Kier molecular flexibility index (Phi) is 5.92. The number of ether oxygens (including phenoxy) is 1. The highest BCUT2D eigenvalue weighted by Gasteiger charge is 2.41. The van der Waals surface area contributed by atoms with Crippen LogP contribution in [-0.4, -0.2) is 50.7 Å².